The highest BCUT2D eigenvalue weighted by atomic mass is 79.9. The van der Waals surface area contributed by atoms with Gasteiger partial charge in [-0.1, -0.05) is 23.7 Å². The number of hydrogen-bond acceptors (Lipinski definition) is 7. The van der Waals surface area contributed by atoms with Gasteiger partial charge in [0.2, 0.25) is 5.91 Å². The summed E-state index contributed by atoms with van der Waals surface area (Å²) < 4.78 is 11.5. The summed E-state index contributed by atoms with van der Waals surface area (Å²) >= 11 is 9.93. The van der Waals surface area contributed by atoms with Gasteiger partial charge in [0, 0.05) is 15.7 Å². The lowest BCUT2D eigenvalue weighted by Gasteiger charge is -2.14. The van der Waals surface area contributed by atoms with Gasteiger partial charge in [-0.15, -0.1) is 0 Å². The molecular formula is C22H18BrClN2O7S. The van der Waals surface area contributed by atoms with E-state index in [9.17, 15) is 19.2 Å². The first-order valence-electron chi connectivity index (χ1n) is 9.80. The lowest BCUT2D eigenvalue weighted by Crippen LogP contribution is -2.36. The molecule has 34 heavy (non-hydrogen) atoms. The summed E-state index contributed by atoms with van der Waals surface area (Å²) in [7, 11) is 0. The maximum atomic E-state index is 12.8. The fraction of sp³-hybridized carbons (Fsp3) is 0.182. The number of anilines is 1. The Hall–Kier alpha value is -3.02. The van der Waals surface area contributed by atoms with Crippen molar-refractivity contribution < 1.29 is 33.8 Å². The quantitative estimate of drug-likeness (QED) is 0.419. The summed E-state index contributed by atoms with van der Waals surface area (Å²) in [6.45, 7) is 0.956. The number of carboxylic acids is 1. The number of aliphatic carboxylic acids is 1. The molecule has 0 bridgehead atoms. The Bertz CT molecular complexity index is 1190. The molecular weight excluding hydrogens is 552 g/mol. The number of carbonyl (C=O) groups is 4. The molecule has 2 aromatic rings. The van der Waals surface area contributed by atoms with Gasteiger partial charge in [-0.05, 0) is 65.0 Å². The van der Waals surface area contributed by atoms with E-state index >= 15 is 0 Å². The minimum Gasteiger partial charge on any atom is -0.490 e. The molecule has 3 amide bonds. The number of carboxylic acid groups (broad SMARTS) is 1. The predicted octanol–water partition coefficient (Wildman–Crippen LogP) is 4.64. The van der Waals surface area contributed by atoms with E-state index in [1.807, 2.05) is 0 Å². The van der Waals surface area contributed by atoms with Crippen molar-refractivity contribution in [2.24, 2.45) is 0 Å². The number of nitrogens with one attached hydrogen (secondary N) is 1. The molecule has 2 aromatic carbocycles. The lowest BCUT2D eigenvalue weighted by molar-refractivity contribution is -0.139. The van der Waals surface area contributed by atoms with Crippen LogP contribution in [-0.4, -0.2) is 52.8 Å². The normalized spacial score (nSPS) is 14.4. The number of imide groups is 1. The largest absolute Gasteiger partial charge is 0.490 e. The number of benzene rings is 2. The molecule has 1 saturated heterocycles. The van der Waals surface area contributed by atoms with E-state index in [1.165, 1.54) is 12.1 Å². The van der Waals surface area contributed by atoms with E-state index in [0.29, 0.717) is 44.9 Å². The molecule has 0 radical (unpaired) electrons. The molecule has 1 aliphatic heterocycles. The van der Waals surface area contributed by atoms with Crippen molar-refractivity contribution in [3.63, 3.8) is 0 Å². The average Bonchev–Trinajstić information content (AvgIpc) is 3.03. The topological polar surface area (TPSA) is 122 Å². The molecule has 0 spiro atoms. The Morgan fingerprint density at radius 3 is 2.68 bits per heavy atom. The zero-order valence-electron chi connectivity index (χ0n) is 17.7. The maximum Gasteiger partial charge on any atom is 0.341 e. The van der Waals surface area contributed by atoms with Gasteiger partial charge in [-0.25, -0.2) is 4.79 Å². The molecule has 3 rings (SSSR count). The number of hydrogen-bond donors (Lipinski definition) is 2. The van der Waals surface area contributed by atoms with Gasteiger partial charge < -0.3 is 19.9 Å². The Balaban J connectivity index is 1.78. The molecule has 12 heteroatoms. The highest BCUT2D eigenvalue weighted by molar-refractivity contribution is 9.10. The number of rotatable bonds is 9. The third kappa shape index (κ3) is 6.31. The van der Waals surface area contributed by atoms with Gasteiger partial charge in [0.05, 0.1) is 16.5 Å². The van der Waals surface area contributed by atoms with E-state index in [1.54, 1.807) is 37.3 Å². The number of amides is 3. The minimum atomic E-state index is -1.18. The Morgan fingerprint density at radius 2 is 2.00 bits per heavy atom. The average molecular weight is 570 g/mol. The van der Waals surface area contributed by atoms with Crippen molar-refractivity contribution in [2.45, 2.75) is 6.92 Å². The van der Waals surface area contributed by atoms with Crippen LogP contribution in [0.4, 0.5) is 10.5 Å². The Morgan fingerprint density at radius 1 is 1.24 bits per heavy atom. The van der Waals surface area contributed by atoms with Gasteiger partial charge in [-0.3, -0.25) is 19.3 Å². The monoisotopic (exact) mass is 568 g/mol. The number of thioether (sulfide) groups is 1. The van der Waals surface area contributed by atoms with Crippen LogP contribution in [0.3, 0.4) is 0 Å². The number of carbonyl (C=O) groups excluding carboxylic acids is 3. The molecule has 0 aromatic heterocycles. The number of ether oxygens (including phenoxy) is 2. The van der Waals surface area contributed by atoms with Crippen molar-refractivity contribution in [3.8, 4) is 11.5 Å². The zero-order chi connectivity index (χ0) is 24.8. The summed E-state index contributed by atoms with van der Waals surface area (Å²) in [5.41, 5.74) is 0.764. The van der Waals surface area contributed by atoms with Crippen LogP contribution in [0.2, 0.25) is 5.02 Å². The van der Waals surface area contributed by atoms with Gasteiger partial charge >= 0.3 is 5.97 Å². The van der Waals surface area contributed by atoms with Crippen molar-refractivity contribution in [2.75, 3.05) is 25.1 Å². The summed E-state index contributed by atoms with van der Waals surface area (Å²) in [4.78, 5) is 49.5. The van der Waals surface area contributed by atoms with Crippen LogP contribution in [0.1, 0.15) is 12.5 Å². The van der Waals surface area contributed by atoms with E-state index in [-0.39, 0.29) is 10.7 Å². The molecule has 1 heterocycles. The van der Waals surface area contributed by atoms with Gasteiger partial charge in [0.1, 0.15) is 6.54 Å². The second kappa shape index (κ2) is 11.4. The molecule has 178 valence electrons. The smallest absolute Gasteiger partial charge is 0.341 e. The molecule has 9 nitrogen and oxygen atoms in total. The molecule has 0 aliphatic carbocycles. The molecule has 0 atom stereocenters. The van der Waals surface area contributed by atoms with Crippen LogP contribution in [0.25, 0.3) is 6.08 Å². The minimum absolute atomic E-state index is 0.0540. The summed E-state index contributed by atoms with van der Waals surface area (Å²) in [5, 5.41) is 11.3. The summed E-state index contributed by atoms with van der Waals surface area (Å²) in [6, 6.07) is 9.64. The van der Waals surface area contributed by atoms with E-state index in [0.717, 1.165) is 4.90 Å². The van der Waals surface area contributed by atoms with Crippen LogP contribution in [-0.2, 0) is 14.4 Å². The van der Waals surface area contributed by atoms with Crippen molar-refractivity contribution in [1.29, 1.82) is 0 Å². The molecule has 2 N–H and O–H groups in total. The van der Waals surface area contributed by atoms with Gasteiger partial charge in [0.25, 0.3) is 11.1 Å². The first-order valence-corrected chi connectivity index (χ1v) is 11.8. The van der Waals surface area contributed by atoms with Crippen LogP contribution >= 0.6 is 39.3 Å². The number of nitrogens with zero attached hydrogens (tertiary/aromatic N) is 1. The molecule has 1 aliphatic rings. The Labute approximate surface area is 212 Å². The first-order chi connectivity index (χ1) is 16.2. The zero-order valence-corrected chi connectivity index (χ0v) is 20.8. The SMILES string of the molecule is CCOc1cccc(/C=C2\SC(=O)N(CC(=O)Nc3ccc(Br)c(Cl)c3)C2=O)c1OCC(=O)O. The molecule has 1 fully saturated rings. The van der Waals surface area contributed by atoms with Crippen LogP contribution in [0, 0.1) is 0 Å². The fourth-order valence-electron chi connectivity index (χ4n) is 2.90. The van der Waals surface area contributed by atoms with E-state index in [4.69, 9.17) is 26.2 Å². The molecule has 0 unspecified atom stereocenters. The van der Waals surface area contributed by atoms with E-state index in [2.05, 4.69) is 21.2 Å². The van der Waals surface area contributed by atoms with Crippen molar-refractivity contribution >= 4 is 74.1 Å². The lowest BCUT2D eigenvalue weighted by atomic mass is 10.1. The highest BCUT2D eigenvalue weighted by Gasteiger charge is 2.36. The predicted molar refractivity (Wildman–Crippen MR) is 131 cm³/mol. The molecule has 0 saturated carbocycles. The third-order valence-electron chi connectivity index (χ3n) is 4.31. The number of para-hydroxylation sites is 1. The van der Waals surface area contributed by atoms with Gasteiger partial charge in [0.15, 0.2) is 18.1 Å². The standard InChI is InChI=1S/C22H18BrClN2O7S/c1-2-32-16-5-3-4-12(20(16)33-11-19(28)29)8-17-21(30)26(22(31)34-17)10-18(27)25-13-6-7-14(23)15(24)9-13/h3-9H,2,10-11H2,1H3,(H,25,27)(H,28,29)/b17-8-. The summed E-state index contributed by atoms with van der Waals surface area (Å²) in [5.74, 6) is -2.00. The Kier molecular flexibility index (Phi) is 8.59. The van der Waals surface area contributed by atoms with Crippen LogP contribution in [0.15, 0.2) is 45.8 Å². The second-order valence-electron chi connectivity index (χ2n) is 6.73. The second-order valence-corrected chi connectivity index (χ2v) is 8.99. The van der Waals surface area contributed by atoms with E-state index < -0.39 is 36.2 Å². The van der Waals surface area contributed by atoms with Crippen LogP contribution in [0.5, 0.6) is 11.5 Å². The highest BCUT2D eigenvalue weighted by Crippen LogP contribution is 2.37. The van der Waals surface area contributed by atoms with Crippen LogP contribution < -0.4 is 14.8 Å². The van der Waals surface area contributed by atoms with Gasteiger partial charge in [-0.2, -0.15) is 0 Å². The first kappa shape index (κ1) is 25.6. The maximum absolute atomic E-state index is 12.8. The summed E-state index contributed by atoms with van der Waals surface area (Å²) in [6.07, 6.45) is 1.40. The number of halogens is 2. The fourth-order valence-corrected chi connectivity index (χ4v) is 4.16. The third-order valence-corrected chi connectivity index (χ3v) is 6.45. The van der Waals surface area contributed by atoms with Crippen molar-refractivity contribution in [1.82, 2.24) is 4.90 Å². The van der Waals surface area contributed by atoms with Crippen molar-refractivity contribution in [3.05, 3.63) is 56.4 Å².